The first-order valence-corrected chi connectivity index (χ1v) is 10.2. The lowest BCUT2D eigenvalue weighted by Gasteiger charge is -2.36. The van der Waals surface area contributed by atoms with Gasteiger partial charge in [0.25, 0.3) is 0 Å². The molecule has 5 rings (SSSR count). The fourth-order valence-corrected chi connectivity index (χ4v) is 4.58. The van der Waals surface area contributed by atoms with Gasteiger partial charge in [-0.1, -0.05) is 0 Å². The number of benzene rings is 1. The summed E-state index contributed by atoms with van der Waals surface area (Å²) in [6.45, 7) is 1.87. The minimum absolute atomic E-state index is 0.110. The molecular weight excluding hydrogens is 396 g/mol. The van der Waals surface area contributed by atoms with Crippen LogP contribution in [0.4, 0.5) is 14.5 Å². The Hall–Kier alpha value is -2.68. The van der Waals surface area contributed by atoms with Crippen molar-refractivity contribution in [3.05, 3.63) is 33.9 Å². The zero-order valence-electron chi connectivity index (χ0n) is 16.5. The van der Waals surface area contributed by atoms with Gasteiger partial charge in [0.15, 0.2) is 11.6 Å². The summed E-state index contributed by atoms with van der Waals surface area (Å²) in [5, 5.41) is 12.8. The number of anilines is 1. The van der Waals surface area contributed by atoms with Crippen LogP contribution in [0.1, 0.15) is 35.7 Å². The Morgan fingerprint density at radius 3 is 2.70 bits per heavy atom. The molecule has 2 N–H and O–H groups in total. The summed E-state index contributed by atoms with van der Waals surface area (Å²) >= 11 is 0. The van der Waals surface area contributed by atoms with E-state index in [1.807, 2.05) is 4.90 Å². The first-order chi connectivity index (χ1) is 14.4. The topological polar surface area (TPSA) is 83.8 Å². The lowest BCUT2D eigenvalue weighted by Crippen LogP contribution is -2.52. The number of hydrogen-bond acceptors (Lipinski definition) is 5. The number of alkyl halides is 1. The quantitative estimate of drug-likeness (QED) is 0.774. The molecule has 9 heteroatoms. The molecule has 2 heterocycles. The third-order valence-corrected chi connectivity index (χ3v) is 6.38. The number of nitrogens with one attached hydrogen (secondary N) is 1. The molecule has 1 aliphatic heterocycles. The molecule has 3 unspecified atom stereocenters. The summed E-state index contributed by atoms with van der Waals surface area (Å²) in [6.07, 6.45) is 2.53. The summed E-state index contributed by atoms with van der Waals surface area (Å²) in [6, 6.07) is 0.733. The maximum Gasteiger partial charge on any atom is 0.341 e. The highest BCUT2D eigenvalue weighted by Crippen LogP contribution is 2.45. The van der Waals surface area contributed by atoms with Gasteiger partial charge in [0.05, 0.1) is 24.1 Å². The molecular formula is C21H23F2N3O4. The maximum atomic E-state index is 15.3. The molecule has 1 aromatic carbocycles. The van der Waals surface area contributed by atoms with Crippen LogP contribution in [-0.4, -0.2) is 54.6 Å². The van der Waals surface area contributed by atoms with Crippen molar-refractivity contribution in [2.24, 2.45) is 5.92 Å². The highest BCUT2D eigenvalue weighted by Gasteiger charge is 2.42. The van der Waals surface area contributed by atoms with Crippen LogP contribution >= 0.6 is 0 Å². The Balaban J connectivity index is 1.73. The number of carbonyl (C=O) groups is 1. The average Bonchev–Trinajstić information content (AvgIpc) is 3.64. The van der Waals surface area contributed by atoms with E-state index < -0.39 is 35.0 Å². The molecule has 2 aliphatic carbocycles. The van der Waals surface area contributed by atoms with Gasteiger partial charge in [-0.15, -0.1) is 0 Å². The molecule has 0 radical (unpaired) electrons. The highest BCUT2D eigenvalue weighted by atomic mass is 19.1. The third kappa shape index (κ3) is 3.03. The lowest BCUT2D eigenvalue weighted by molar-refractivity contribution is 0.0694. The van der Waals surface area contributed by atoms with Gasteiger partial charge in [-0.3, -0.25) is 4.79 Å². The van der Waals surface area contributed by atoms with Gasteiger partial charge in [-0.2, -0.15) is 0 Å². The van der Waals surface area contributed by atoms with Gasteiger partial charge in [0, 0.05) is 38.3 Å². The van der Waals surface area contributed by atoms with Crippen molar-refractivity contribution in [3.8, 4) is 5.75 Å². The van der Waals surface area contributed by atoms with Crippen molar-refractivity contribution in [2.75, 3.05) is 31.6 Å². The van der Waals surface area contributed by atoms with Crippen LogP contribution in [0.25, 0.3) is 10.9 Å². The van der Waals surface area contributed by atoms with E-state index in [1.165, 1.54) is 11.7 Å². The molecule has 160 valence electrons. The van der Waals surface area contributed by atoms with E-state index in [0.29, 0.717) is 25.6 Å². The van der Waals surface area contributed by atoms with E-state index in [1.54, 1.807) is 0 Å². The number of aromatic nitrogens is 1. The van der Waals surface area contributed by atoms with Crippen LogP contribution in [0, 0.1) is 11.7 Å². The molecule has 3 aliphatic rings. The number of fused-ring (bicyclic) bond motifs is 1. The number of carboxylic acids is 1. The predicted molar refractivity (Wildman–Crippen MR) is 107 cm³/mol. The van der Waals surface area contributed by atoms with E-state index >= 15 is 4.39 Å². The predicted octanol–water partition coefficient (Wildman–Crippen LogP) is 2.32. The van der Waals surface area contributed by atoms with E-state index in [9.17, 15) is 19.1 Å². The van der Waals surface area contributed by atoms with Gasteiger partial charge in [-0.05, 0) is 24.8 Å². The van der Waals surface area contributed by atoms with Gasteiger partial charge in [-0.25, -0.2) is 13.6 Å². The molecule has 2 aromatic rings. The molecule has 30 heavy (non-hydrogen) atoms. The number of halogens is 2. The average molecular weight is 419 g/mol. The SMILES string of the molecule is COc1c(N2CCNC(C3CC3)C2)c(F)cc2c(=O)c(C(=O)O)cn(C3CC3F)c12. The number of carboxylic acid groups (broad SMARTS) is 1. The molecule has 0 bridgehead atoms. The molecule has 7 nitrogen and oxygen atoms in total. The Morgan fingerprint density at radius 2 is 2.10 bits per heavy atom. The summed E-state index contributed by atoms with van der Waals surface area (Å²) in [5.41, 5.74) is -0.823. The summed E-state index contributed by atoms with van der Waals surface area (Å²) in [5.74, 6) is -1.34. The molecule has 0 spiro atoms. The number of piperazine rings is 1. The number of aromatic carboxylic acids is 1. The first-order valence-electron chi connectivity index (χ1n) is 10.2. The van der Waals surface area contributed by atoms with Crippen molar-refractivity contribution in [1.82, 2.24) is 9.88 Å². The van der Waals surface area contributed by atoms with Crippen LogP contribution in [0.15, 0.2) is 17.1 Å². The normalized spacial score (nSPS) is 26.1. The summed E-state index contributed by atoms with van der Waals surface area (Å²) in [7, 11) is 1.39. The van der Waals surface area contributed by atoms with E-state index in [2.05, 4.69) is 5.32 Å². The van der Waals surface area contributed by atoms with Crippen molar-refractivity contribution in [3.63, 3.8) is 0 Å². The summed E-state index contributed by atoms with van der Waals surface area (Å²) < 4.78 is 36.3. The standard InChI is InChI=1S/C21H23F2N3O4/c1-30-20-17-11(19(27)12(21(28)29)8-26(17)16-7-13(16)22)6-14(23)18(20)25-5-4-24-15(9-25)10-2-3-10/h6,8,10,13,15-16,24H,2-5,7,9H2,1H3,(H,28,29). The van der Waals surface area contributed by atoms with Gasteiger partial charge in [0.1, 0.15) is 17.4 Å². The second-order valence-electron chi connectivity index (χ2n) is 8.38. The zero-order valence-corrected chi connectivity index (χ0v) is 16.5. The highest BCUT2D eigenvalue weighted by molar-refractivity contribution is 5.97. The van der Waals surface area contributed by atoms with Crippen LogP contribution in [0.3, 0.4) is 0 Å². The molecule has 1 saturated heterocycles. The number of pyridine rings is 1. The van der Waals surface area contributed by atoms with Crippen LogP contribution in [0.5, 0.6) is 5.75 Å². The first kappa shape index (κ1) is 19.3. The van der Waals surface area contributed by atoms with Crippen molar-refractivity contribution >= 4 is 22.6 Å². The number of hydrogen-bond donors (Lipinski definition) is 2. The Morgan fingerprint density at radius 1 is 1.37 bits per heavy atom. The van der Waals surface area contributed by atoms with Crippen LogP contribution in [-0.2, 0) is 0 Å². The third-order valence-electron chi connectivity index (χ3n) is 6.38. The minimum Gasteiger partial charge on any atom is -0.492 e. The number of ether oxygens (including phenoxy) is 1. The molecule has 3 fully saturated rings. The largest absolute Gasteiger partial charge is 0.492 e. The van der Waals surface area contributed by atoms with Gasteiger partial charge in [0.2, 0.25) is 5.43 Å². The molecule has 1 aromatic heterocycles. The van der Waals surface area contributed by atoms with Crippen molar-refractivity contribution < 1.29 is 23.4 Å². The van der Waals surface area contributed by atoms with E-state index in [0.717, 1.165) is 25.1 Å². The fraction of sp³-hybridized carbons (Fsp3) is 0.524. The second kappa shape index (κ2) is 6.94. The molecule has 2 saturated carbocycles. The van der Waals surface area contributed by atoms with Crippen LogP contribution < -0.4 is 20.4 Å². The van der Waals surface area contributed by atoms with Crippen molar-refractivity contribution in [1.29, 1.82) is 0 Å². The maximum absolute atomic E-state index is 15.3. The van der Waals surface area contributed by atoms with Gasteiger partial charge >= 0.3 is 5.97 Å². The lowest BCUT2D eigenvalue weighted by atomic mass is 10.1. The van der Waals surface area contributed by atoms with E-state index in [4.69, 9.17) is 4.74 Å². The summed E-state index contributed by atoms with van der Waals surface area (Å²) in [4.78, 5) is 26.2. The number of rotatable bonds is 5. The van der Waals surface area contributed by atoms with Crippen LogP contribution in [0.2, 0.25) is 0 Å². The van der Waals surface area contributed by atoms with E-state index in [-0.39, 0.29) is 34.8 Å². The number of nitrogens with zero attached hydrogens (tertiary/aromatic N) is 2. The zero-order chi connectivity index (χ0) is 21.2. The monoisotopic (exact) mass is 419 g/mol. The second-order valence-corrected chi connectivity index (χ2v) is 8.38. The molecule has 0 amide bonds. The smallest absolute Gasteiger partial charge is 0.341 e. The minimum atomic E-state index is -1.43. The Labute approximate surface area is 171 Å². The Kier molecular flexibility index (Phi) is 4.46. The number of methoxy groups -OCH3 is 1. The molecule has 3 atom stereocenters. The van der Waals surface area contributed by atoms with Crippen molar-refractivity contribution in [2.45, 2.75) is 37.5 Å². The Bertz CT molecular complexity index is 1100. The fourth-order valence-electron chi connectivity index (χ4n) is 4.58. The van der Waals surface area contributed by atoms with Gasteiger partial charge < -0.3 is 24.6 Å².